The quantitative estimate of drug-likeness (QED) is 0.0739. The predicted molar refractivity (Wildman–Crippen MR) is 155 cm³/mol. The molecule has 0 fully saturated rings. The Hall–Kier alpha value is -0.433. The minimum absolute atomic E-state index is 0.337. The maximum Gasteiger partial charge on any atom is 0.500 e. The highest BCUT2D eigenvalue weighted by molar-refractivity contribution is 6.60. The van der Waals surface area contributed by atoms with Crippen LogP contribution >= 0.6 is 0 Å². The average molecular weight is 531 g/mol. The highest BCUT2D eigenvalue weighted by Gasteiger charge is 2.39. The van der Waals surface area contributed by atoms with Crippen molar-refractivity contribution in [3.63, 3.8) is 0 Å². The maximum absolute atomic E-state index is 10.5. The van der Waals surface area contributed by atoms with E-state index in [1.54, 1.807) is 0 Å². The lowest BCUT2D eigenvalue weighted by Gasteiger charge is -2.28. The zero-order chi connectivity index (χ0) is 26.6. The van der Waals surface area contributed by atoms with E-state index in [-0.39, 0.29) is 0 Å². The lowest BCUT2D eigenvalue weighted by atomic mass is 10.0. The smallest absolute Gasteiger partial charge is 0.481 e. The van der Waals surface area contributed by atoms with E-state index < -0.39 is 14.8 Å². The molecular weight excluding hydrogens is 468 g/mol. The van der Waals surface area contributed by atoms with Crippen LogP contribution in [0, 0.1) is 0 Å². The summed E-state index contributed by atoms with van der Waals surface area (Å²) >= 11 is 0. The molecule has 36 heavy (non-hydrogen) atoms. The van der Waals surface area contributed by atoms with E-state index in [4.69, 9.17) is 18.4 Å². The second kappa shape index (κ2) is 27.6. The molecule has 0 aromatic heterocycles. The Bertz CT molecular complexity index is 444. The van der Waals surface area contributed by atoms with Crippen molar-refractivity contribution in [2.45, 2.75) is 168 Å². The Morgan fingerprint density at radius 3 is 0.972 bits per heavy atom. The first-order valence-electron chi connectivity index (χ1n) is 15.7. The standard InChI is InChI=1S/C30H62O5Si/c1-4-33-36(34-5-2,35-6-3)29-27-25-23-21-19-17-15-13-11-9-7-8-10-12-14-16-18-20-22-24-26-28-30(31)32/h4-29H2,1-3H3,(H,31,32). The van der Waals surface area contributed by atoms with Gasteiger partial charge in [-0.3, -0.25) is 4.79 Å². The third-order valence-electron chi connectivity index (χ3n) is 6.97. The average Bonchev–Trinajstić information content (AvgIpc) is 2.85. The van der Waals surface area contributed by atoms with Gasteiger partial charge in [-0.2, -0.15) is 0 Å². The first-order chi connectivity index (χ1) is 17.6. The van der Waals surface area contributed by atoms with E-state index in [0.29, 0.717) is 26.2 Å². The molecule has 0 saturated heterocycles. The van der Waals surface area contributed by atoms with Gasteiger partial charge in [-0.15, -0.1) is 0 Å². The molecule has 5 nitrogen and oxygen atoms in total. The molecule has 0 aromatic rings. The van der Waals surface area contributed by atoms with E-state index >= 15 is 0 Å². The van der Waals surface area contributed by atoms with Crippen LogP contribution in [0.5, 0.6) is 0 Å². The number of unbranched alkanes of at least 4 members (excludes halogenated alkanes) is 20. The van der Waals surface area contributed by atoms with Crippen molar-refractivity contribution >= 4 is 14.8 Å². The molecule has 0 unspecified atom stereocenters. The third kappa shape index (κ3) is 23.9. The summed E-state index contributed by atoms with van der Waals surface area (Å²) in [5.74, 6) is -0.656. The molecule has 0 bridgehead atoms. The predicted octanol–water partition coefficient (Wildman–Crippen LogP) is 9.70. The number of hydrogen-bond donors (Lipinski definition) is 1. The van der Waals surface area contributed by atoms with Crippen molar-refractivity contribution < 1.29 is 23.2 Å². The highest BCUT2D eigenvalue weighted by atomic mass is 28.4. The van der Waals surface area contributed by atoms with Crippen molar-refractivity contribution in [2.75, 3.05) is 19.8 Å². The molecule has 0 atom stereocenters. The van der Waals surface area contributed by atoms with Crippen LogP contribution in [0.1, 0.15) is 162 Å². The van der Waals surface area contributed by atoms with Gasteiger partial charge in [-0.25, -0.2) is 0 Å². The van der Waals surface area contributed by atoms with Crippen LogP contribution in [0.3, 0.4) is 0 Å². The Labute approximate surface area is 225 Å². The zero-order valence-electron chi connectivity index (χ0n) is 24.5. The molecule has 216 valence electrons. The number of carboxylic acid groups (broad SMARTS) is 1. The Morgan fingerprint density at radius 2 is 0.722 bits per heavy atom. The monoisotopic (exact) mass is 530 g/mol. The van der Waals surface area contributed by atoms with Crippen molar-refractivity contribution in [1.82, 2.24) is 0 Å². The molecule has 0 aliphatic carbocycles. The summed E-state index contributed by atoms with van der Waals surface area (Å²) in [6, 6.07) is 0.958. The van der Waals surface area contributed by atoms with Crippen LogP contribution in [-0.4, -0.2) is 39.7 Å². The largest absolute Gasteiger partial charge is 0.500 e. The summed E-state index contributed by atoms with van der Waals surface area (Å²) in [5.41, 5.74) is 0. The number of carbonyl (C=O) groups is 1. The van der Waals surface area contributed by atoms with Crippen LogP contribution in [0.4, 0.5) is 0 Å². The Morgan fingerprint density at radius 1 is 0.472 bits per heavy atom. The summed E-state index contributed by atoms with van der Waals surface area (Å²) < 4.78 is 17.8. The van der Waals surface area contributed by atoms with Crippen molar-refractivity contribution in [3.8, 4) is 0 Å². The Kier molecular flexibility index (Phi) is 27.3. The molecule has 0 radical (unpaired) electrons. The van der Waals surface area contributed by atoms with Gasteiger partial charge >= 0.3 is 14.8 Å². The number of hydrogen-bond acceptors (Lipinski definition) is 4. The molecule has 0 aliphatic rings. The SMILES string of the molecule is CCO[Si](CCCCCCCCCCCCCCCCCCCCCCCC(=O)O)(OCC)OCC. The van der Waals surface area contributed by atoms with E-state index in [2.05, 4.69) is 0 Å². The minimum atomic E-state index is -2.43. The molecule has 0 aromatic carbocycles. The van der Waals surface area contributed by atoms with Gasteiger partial charge in [0.25, 0.3) is 0 Å². The van der Waals surface area contributed by atoms with Gasteiger partial charge in [0.1, 0.15) is 0 Å². The normalized spacial score (nSPS) is 11.9. The van der Waals surface area contributed by atoms with E-state index in [1.807, 2.05) is 20.8 Å². The maximum atomic E-state index is 10.5. The van der Waals surface area contributed by atoms with Crippen LogP contribution in [0.25, 0.3) is 0 Å². The number of carboxylic acids is 1. The fraction of sp³-hybridized carbons (Fsp3) is 0.967. The van der Waals surface area contributed by atoms with Gasteiger partial charge in [-0.1, -0.05) is 122 Å². The molecule has 0 amide bonds. The molecule has 0 saturated carbocycles. The van der Waals surface area contributed by atoms with Crippen molar-refractivity contribution in [1.29, 1.82) is 0 Å². The molecule has 1 N–H and O–H groups in total. The van der Waals surface area contributed by atoms with Crippen molar-refractivity contribution in [2.24, 2.45) is 0 Å². The number of rotatable bonds is 30. The minimum Gasteiger partial charge on any atom is -0.481 e. The van der Waals surface area contributed by atoms with E-state index in [0.717, 1.165) is 25.3 Å². The van der Waals surface area contributed by atoms with Crippen LogP contribution in [0.15, 0.2) is 0 Å². The second-order valence-electron chi connectivity index (χ2n) is 10.3. The van der Waals surface area contributed by atoms with Crippen molar-refractivity contribution in [3.05, 3.63) is 0 Å². The molecule has 0 spiro atoms. The van der Waals surface area contributed by atoms with Crippen LogP contribution in [0.2, 0.25) is 6.04 Å². The number of aliphatic carboxylic acids is 1. The first kappa shape index (κ1) is 35.6. The lowest BCUT2D eigenvalue weighted by molar-refractivity contribution is -0.137. The van der Waals surface area contributed by atoms with Crippen LogP contribution in [-0.2, 0) is 18.1 Å². The molecule has 0 heterocycles. The lowest BCUT2D eigenvalue weighted by Crippen LogP contribution is -2.45. The topological polar surface area (TPSA) is 65.0 Å². The second-order valence-corrected chi connectivity index (χ2v) is 13.0. The van der Waals surface area contributed by atoms with Gasteiger partial charge < -0.3 is 18.4 Å². The van der Waals surface area contributed by atoms with E-state index in [1.165, 1.54) is 116 Å². The van der Waals surface area contributed by atoms with Gasteiger partial charge in [0.05, 0.1) is 0 Å². The Balaban J connectivity index is 3.32. The summed E-state index contributed by atoms with van der Waals surface area (Å²) in [7, 11) is -2.43. The molecule has 6 heteroatoms. The summed E-state index contributed by atoms with van der Waals surface area (Å²) in [6.45, 7) is 8.11. The molecule has 0 rings (SSSR count). The fourth-order valence-electron chi connectivity index (χ4n) is 4.98. The summed E-state index contributed by atoms with van der Waals surface area (Å²) in [5, 5.41) is 8.62. The summed E-state index contributed by atoms with van der Waals surface area (Å²) in [6.07, 6.45) is 28.0. The van der Waals surface area contributed by atoms with Gasteiger partial charge in [0.15, 0.2) is 0 Å². The zero-order valence-corrected chi connectivity index (χ0v) is 25.5. The highest BCUT2D eigenvalue weighted by Crippen LogP contribution is 2.21. The van der Waals surface area contributed by atoms with Gasteiger partial charge in [0, 0.05) is 32.3 Å². The third-order valence-corrected chi connectivity index (χ3v) is 10.1. The summed E-state index contributed by atoms with van der Waals surface area (Å²) in [4.78, 5) is 10.5. The fourth-order valence-corrected chi connectivity index (χ4v) is 7.66. The van der Waals surface area contributed by atoms with Gasteiger partial charge in [-0.05, 0) is 33.6 Å². The first-order valence-corrected chi connectivity index (χ1v) is 17.7. The van der Waals surface area contributed by atoms with Gasteiger partial charge in [0.2, 0.25) is 0 Å². The van der Waals surface area contributed by atoms with Crippen LogP contribution < -0.4 is 0 Å². The molecular formula is C30H62O5Si. The van der Waals surface area contributed by atoms with E-state index in [9.17, 15) is 4.79 Å². The molecule has 0 aliphatic heterocycles.